The van der Waals surface area contributed by atoms with Crippen LogP contribution in [0.5, 0.6) is 0 Å². The maximum atomic E-state index is 13.3. The molecule has 2 amide bonds. The largest absolute Gasteiger partial charge is 0.295 e. The molecule has 158 valence electrons. The van der Waals surface area contributed by atoms with E-state index < -0.39 is 21.7 Å². The van der Waals surface area contributed by atoms with E-state index in [9.17, 15) is 22.8 Å². The first-order chi connectivity index (χ1) is 14.7. The number of imide groups is 1. The number of aromatic nitrogens is 3. The molecule has 3 aromatic rings. The molecule has 2 aromatic heterocycles. The van der Waals surface area contributed by atoms with Gasteiger partial charge < -0.3 is 0 Å². The summed E-state index contributed by atoms with van der Waals surface area (Å²) in [4.78, 5) is 43.3. The predicted octanol–water partition coefficient (Wildman–Crippen LogP) is 2.10. The van der Waals surface area contributed by atoms with Crippen LogP contribution in [0.15, 0.2) is 30.5 Å². The normalized spacial score (nSPS) is 19.9. The van der Waals surface area contributed by atoms with Gasteiger partial charge in [0.15, 0.2) is 21.3 Å². The SMILES string of the molecule is CC(=O)c1ccc(N2C(=O)c3cnc4c(c(C)nn4C4CCS(=O)(=O)C4)c3C2=O)cc1. The lowest BCUT2D eigenvalue weighted by molar-refractivity contribution is 0.0925. The standard InChI is InChI=1S/C21H18N4O5S/c1-11-17-18-16(9-22-19(17)25(23-11)15-7-8-31(29,30)10-15)20(27)24(21(18)28)14-5-3-13(4-6-14)12(2)26/h3-6,9,15H,7-8,10H2,1-2H3. The van der Waals surface area contributed by atoms with E-state index in [2.05, 4.69) is 10.1 Å². The van der Waals surface area contributed by atoms with E-state index in [0.717, 1.165) is 4.90 Å². The van der Waals surface area contributed by atoms with Gasteiger partial charge in [-0.15, -0.1) is 0 Å². The Morgan fingerprint density at radius 3 is 2.45 bits per heavy atom. The zero-order chi connectivity index (χ0) is 22.1. The van der Waals surface area contributed by atoms with E-state index in [1.807, 2.05) is 0 Å². The van der Waals surface area contributed by atoms with Gasteiger partial charge in [0, 0.05) is 11.8 Å². The number of pyridine rings is 1. The highest BCUT2D eigenvalue weighted by atomic mass is 32.2. The van der Waals surface area contributed by atoms with E-state index in [1.54, 1.807) is 35.9 Å². The monoisotopic (exact) mass is 438 g/mol. The number of ketones is 1. The van der Waals surface area contributed by atoms with Gasteiger partial charge in [-0.3, -0.25) is 14.4 Å². The second-order valence-corrected chi connectivity index (χ2v) is 10.1. The molecule has 9 nitrogen and oxygen atoms in total. The molecule has 2 aliphatic rings. The second-order valence-electron chi connectivity index (χ2n) is 7.88. The molecule has 1 unspecified atom stereocenters. The highest BCUT2D eigenvalue weighted by Crippen LogP contribution is 2.36. The third-order valence-electron chi connectivity index (χ3n) is 5.83. The van der Waals surface area contributed by atoms with Crippen molar-refractivity contribution >= 4 is 44.2 Å². The van der Waals surface area contributed by atoms with Gasteiger partial charge in [0.1, 0.15) is 0 Å². The Labute approximate surface area is 177 Å². The summed E-state index contributed by atoms with van der Waals surface area (Å²) in [5, 5.41) is 4.93. The predicted molar refractivity (Wildman–Crippen MR) is 112 cm³/mol. The van der Waals surface area contributed by atoms with Crippen LogP contribution in [-0.2, 0) is 9.84 Å². The fraction of sp³-hybridized carbons (Fsp3) is 0.286. The topological polar surface area (TPSA) is 119 Å². The van der Waals surface area contributed by atoms with Crippen molar-refractivity contribution in [2.75, 3.05) is 16.4 Å². The van der Waals surface area contributed by atoms with E-state index in [1.165, 1.54) is 13.1 Å². The molecule has 0 bridgehead atoms. The minimum absolute atomic E-state index is 0.0243. The number of Topliss-reactive ketones (excluding diaryl/α,β-unsaturated/α-hetero) is 1. The van der Waals surface area contributed by atoms with Gasteiger partial charge in [-0.1, -0.05) is 0 Å². The Hall–Kier alpha value is -3.40. The number of hydrogen-bond acceptors (Lipinski definition) is 7. The van der Waals surface area contributed by atoms with E-state index >= 15 is 0 Å². The zero-order valence-corrected chi connectivity index (χ0v) is 17.6. The van der Waals surface area contributed by atoms with Crippen LogP contribution >= 0.6 is 0 Å². The smallest absolute Gasteiger partial charge is 0.267 e. The van der Waals surface area contributed by atoms with E-state index in [-0.39, 0.29) is 34.5 Å². The number of carbonyl (C=O) groups is 3. The highest BCUT2D eigenvalue weighted by molar-refractivity contribution is 7.91. The van der Waals surface area contributed by atoms with Gasteiger partial charge >= 0.3 is 0 Å². The third kappa shape index (κ3) is 2.89. The molecule has 1 saturated heterocycles. The summed E-state index contributed by atoms with van der Waals surface area (Å²) >= 11 is 0. The van der Waals surface area contributed by atoms with E-state index in [0.29, 0.717) is 34.4 Å². The molecule has 0 N–H and O–H groups in total. The summed E-state index contributed by atoms with van der Waals surface area (Å²) in [5.74, 6) is -1.05. The third-order valence-corrected chi connectivity index (χ3v) is 7.58. The number of amides is 2. The fourth-order valence-corrected chi connectivity index (χ4v) is 5.98. The molecule has 0 saturated carbocycles. The summed E-state index contributed by atoms with van der Waals surface area (Å²) in [7, 11) is -3.13. The molecular formula is C21H18N4O5S. The Kier molecular flexibility index (Phi) is 4.13. The maximum Gasteiger partial charge on any atom is 0.267 e. The van der Waals surface area contributed by atoms with Gasteiger partial charge in [0.25, 0.3) is 11.8 Å². The maximum absolute atomic E-state index is 13.3. The van der Waals surface area contributed by atoms with Crippen molar-refractivity contribution in [3.05, 3.63) is 52.8 Å². The Morgan fingerprint density at radius 2 is 1.84 bits per heavy atom. The Bertz CT molecular complexity index is 1410. The first-order valence-electron chi connectivity index (χ1n) is 9.76. The molecule has 31 heavy (non-hydrogen) atoms. The average Bonchev–Trinajstić information content (AvgIpc) is 3.34. The van der Waals surface area contributed by atoms with Gasteiger partial charge in [0.05, 0.1) is 45.4 Å². The lowest BCUT2D eigenvalue weighted by Gasteiger charge is -2.14. The van der Waals surface area contributed by atoms with Crippen molar-refractivity contribution in [1.82, 2.24) is 14.8 Å². The number of nitrogens with zero attached hydrogens (tertiary/aromatic N) is 4. The second kappa shape index (κ2) is 6.55. The number of hydrogen-bond donors (Lipinski definition) is 0. The van der Waals surface area contributed by atoms with Gasteiger partial charge in [-0.25, -0.2) is 23.0 Å². The van der Waals surface area contributed by atoms with Crippen LogP contribution in [0.4, 0.5) is 5.69 Å². The van der Waals surface area contributed by atoms with Gasteiger partial charge in [-0.05, 0) is 44.5 Å². The number of fused-ring (bicyclic) bond motifs is 3. The molecule has 10 heteroatoms. The van der Waals surface area contributed by atoms with Gasteiger partial charge in [0.2, 0.25) is 0 Å². The number of sulfone groups is 1. The Morgan fingerprint density at radius 1 is 1.13 bits per heavy atom. The van der Waals surface area contributed by atoms with Crippen LogP contribution in [0.25, 0.3) is 11.0 Å². The molecule has 2 aliphatic heterocycles. The first kappa shape index (κ1) is 19.6. The summed E-state index contributed by atoms with van der Waals surface area (Å²) in [6, 6.07) is 5.90. The van der Waals surface area contributed by atoms with Crippen molar-refractivity contribution in [2.45, 2.75) is 26.3 Å². The number of rotatable bonds is 3. The summed E-state index contributed by atoms with van der Waals surface area (Å²) < 4.78 is 25.4. The summed E-state index contributed by atoms with van der Waals surface area (Å²) in [6.45, 7) is 3.15. The van der Waals surface area contributed by atoms with Crippen molar-refractivity contribution in [3.63, 3.8) is 0 Å². The quantitative estimate of drug-likeness (QED) is 0.454. The van der Waals surface area contributed by atoms with Gasteiger partial charge in [-0.2, -0.15) is 5.10 Å². The van der Waals surface area contributed by atoms with Crippen molar-refractivity contribution in [1.29, 1.82) is 0 Å². The van der Waals surface area contributed by atoms with Crippen LogP contribution in [0.3, 0.4) is 0 Å². The van der Waals surface area contributed by atoms with Crippen LogP contribution in [0.1, 0.15) is 56.2 Å². The molecule has 0 aliphatic carbocycles. The van der Waals surface area contributed by atoms with Crippen molar-refractivity contribution in [3.8, 4) is 0 Å². The molecule has 1 fully saturated rings. The fourth-order valence-electron chi connectivity index (χ4n) is 4.29. The average molecular weight is 438 g/mol. The van der Waals surface area contributed by atoms with E-state index in [4.69, 9.17) is 0 Å². The number of anilines is 1. The van der Waals surface area contributed by atoms with Crippen LogP contribution < -0.4 is 4.90 Å². The summed E-state index contributed by atoms with van der Waals surface area (Å²) in [5.41, 5.74) is 2.14. The lowest BCUT2D eigenvalue weighted by atomic mass is 10.1. The Balaban J connectivity index is 1.61. The van der Waals surface area contributed by atoms with Crippen LogP contribution in [0, 0.1) is 6.92 Å². The first-order valence-corrected chi connectivity index (χ1v) is 11.6. The highest BCUT2D eigenvalue weighted by Gasteiger charge is 2.41. The minimum atomic E-state index is -3.13. The molecule has 0 spiro atoms. The summed E-state index contributed by atoms with van der Waals surface area (Å²) in [6.07, 6.45) is 1.78. The van der Waals surface area contributed by atoms with Crippen molar-refractivity contribution < 1.29 is 22.8 Å². The molecule has 1 atom stereocenters. The number of benzene rings is 1. The molecular weight excluding hydrogens is 420 g/mol. The van der Waals surface area contributed by atoms with Crippen LogP contribution in [-0.4, -0.2) is 52.3 Å². The van der Waals surface area contributed by atoms with Crippen molar-refractivity contribution in [2.24, 2.45) is 0 Å². The molecule has 5 rings (SSSR count). The lowest BCUT2D eigenvalue weighted by Crippen LogP contribution is -2.29. The molecule has 0 radical (unpaired) electrons. The molecule has 4 heterocycles. The number of aryl methyl sites for hydroxylation is 1. The minimum Gasteiger partial charge on any atom is -0.295 e. The molecule has 1 aromatic carbocycles. The number of carbonyl (C=O) groups excluding carboxylic acids is 3. The van der Waals surface area contributed by atoms with Crippen LogP contribution in [0.2, 0.25) is 0 Å². The zero-order valence-electron chi connectivity index (χ0n) is 16.8.